The monoisotopic (exact) mass is 507 g/mol. The molecule has 0 fully saturated rings. The summed E-state index contributed by atoms with van der Waals surface area (Å²) in [4.78, 5) is 62.8. The Kier molecular flexibility index (Phi) is 10.5. The minimum absolute atomic E-state index is 0.203. The van der Waals surface area contributed by atoms with Crippen molar-refractivity contribution in [3.05, 3.63) is 36.0 Å². The van der Waals surface area contributed by atoms with Crippen molar-refractivity contribution < 1.29 is 34.2 Å². The number of amides is 3. The lowest BCUT2D eigenvalue weighted by molar-refractivity contribution is -0.141. The Balaban J connectivity index is 2.07. The molecule has 3 unspecified atom stereocenters. The zero-order valence-corrected chi connectivity index (χ0v) is 19.9. The first-order valence-corrected chi connectivity index (χ1v) is 12.1. The molecular weight excluding hydrogens is 478 g/mol. The Morgan fingerprint density at radius 3 is 2.34 bits per heavy atom. The van der Waals surface area contributed by atoms with Gasteiger partial charge in [0.1, 0.15) is 18.6 Å². The number of benzene rings is 1. The summed E-state index contributed by atoms with van der Waals surface area (Å²) >= 11 is 1.43. The van der Waals surface area contributed by atoms with E-state index >= 15 is 0 Å². The molecule has 1 aromatic carbocycles. The highest BCUT2D eigenvalue weighted by molar-refractivity contribution is 7.98. The number of carbonyl (C=O) groups excluding carboxylic acids is 3. The van der Waals surface area contributed by atoms with E-state index in [9.17, 15) is 24.0 Å². The Morgan fingerprint density at radius 2 is 1.69 bits per heavy atom. The van der Waals surface area contributed by atoms with Crippen LogP contribution < -0.4 is 21.7 Å². The standard InChI is InChI=1S/C22H29N5O7S/c1-35-7-6-16(22(34)27-17(9-18(28)29)21(33)25-11-19(30)31)26-20(32)14(23)8-12-10-24-15-5-3-2-4-13(12)15/h2-5,10,14,16-17,24H,6-9,11,23H2,1H3,(H,25,33)(H,26,32)(H,27,34)(H,28,29)(H,30,31). The van der Waals surface area contributed by atoms with Gasteiger partial charge >= 0.3 is 11.9 Å². The van der Waals surface area contributed by atoms with E-state index in [4.69, 9.17) is 15.9 Å². The highest BCUT2D eigenvalue weighted by Gasteiger charge is 2.29. The second kappa shape index (κ2) is 13.3. The van der Waals surface area contributed by atoms with Crippen molar-refractivity contribution in [3.63, 3.8) is 0 Å². The highest BCUT2D eigenvalue weighted by atomic mass is 32.2. The van der Waals surface area contributed by atoms with Gasteiger partial charge in [0.2, 0.25) is 17.7 Å². The molecule has 190 valence electrons. The van der Waals surface area contributed by atoms with Crippen molar-refractivity contribution in [3.8, 4) is 0 Å². The van der Waals surface area contributed by atoms with E-state index in [2.05, 4.69) is 15.6 Å². The lowest BCUT2D eigenvalue weighted by atomic mass is 10.0. The number of carboxylic acid groups (broad SMARTS) is 2. The lowest BCUT2D eigenvalue weighted by Gasteiger charge is -2.23. The van der Waals surface area contributed by atoms with Crippen LogP contribution in [0.4, 0.5) is 0 Å². The average molecular weight is 508 g/mol. The summed E-state index contributed by atoms with van der Waals surface area (Å²) in [6, 6.07) is 3.98. The first kappa shape index (κ1) is 27.7. The minimum atomic E-state index is -1.52. The van der Waals surface area contributed by atoms with E-state index in [0.29, 0.717) is 5.75 Å². The maximum absolute atomic E-state index is 12.9. The van der Waals surface area contributed by atoms with Gasteiger partial charge in [-0.2, -0.15) is 11.8 Å². The van der Waals surface area contributed by atoms with Crippen molar-refractivity contribution in [1.82, 2.24) is 20.9 Å². The van der Waals surface area contributed by atoms with Gasteiger partial charge in [-0.1, -0.05) is 18.2 Å². The summed E-state index contributed by atoms with van der Waals surface area (Å²) in [5, 5.41) is 25.6. The van der Waals surface area contributed by atoms with E-state index in [1.54, 1.807) is 6.20 Å². The second-order valence-corrected chi connectivity index (χ2v) is 8.77. The molecule has 0 aliphatic carbocycles. The van der Waals surface area contributed by atoms with Gasteiger partial charge in [-0.25, -0.2) is 0 Å². The van der Waals surface area contributed by atoms with Gasteiger partial charge in [0, 0.05) is 17.1 Å². The third-order valence-corrected chi connectivity index (χ3v) is 5.76. The number of aromatic nitrogens is 1. The molecule has 3 amide bonds. The molecule has 2 aromatic rings. The average Bonchev–Trinajstić information content (AvgIpc) is 3.21. The summed E-state index contributed by atoms with van der Waals surface area (Å²) in [5.41, 5.74) is 7.84. The largest absolute Gasteiger partial charge is 0.481 e. The molecule has 0 spiro atoms. The number of aliphatic carboxylic acids is 2. The maximum atomic E-state index is 12.9. The summed E-state index contributed by atoms with van der Waals surface area (Å²) in [6.45, 7) is -0.736. The number of hydrogen-bond donors (Lipinski definition) is 7. The second-order valence-electron chi connectivity index (χ2n) is 7.78. The number of carboxylic acids is 2. The van der Waals surface area contributed by atoms with Crippen LogP contribution in [0.15, 0.2) is 30.5 Å². The van der Waals surface area contributed by atoms with Crippen LogP contribution in [-0.4, -0.2) is 81.5 Å². The molecule has 0 radical (unpaired) electrons. The van der Waals surface area contributed by atoms with Crippen LogP contribution >= 0.6 is 11.8 Å². The summed E-state index contributed by atoms with van der Waals surface area (Å²) < 4.78 is 0. The molecule has 0 bridgehead atoms. The Hall–Kier alpha value is -3.58. The fourth-order valence-corrected chi connectivity index (χ4v) is 3.83. The molecule has 13 heteroatoms. The van der Waals surface area contributed by atoms with E-state index in [-0.39, 0.29) is 12.8 Å². The van der Waals surface area contributed by atoms with Crippen molar-refractivity contribution in [2.75, 3.05) is 18.6 Å². The van der Waals surface area contributed by atoms with Crippen molar-refractivity contribution in [1.29, 1.82) is 0 Å². The lowest BCUT2D eigenvalue weighted by Crippen LogP contribution is -2.56. The number of fused-ring (bicyclic) bond motifs is 1. The molecule has 1 aromatic heterocycles. The van der Waals surface area contributed by atoms with Gasteiger partial charge in [-0.15, -0.1) is 0 Å². The van der Waals surface area contributed by atoms with Crippen LogP contribution in [0.3, 0.4) is 0 Å². The summed E-state index contributed by atoms with van der Waals surface area (Å²) in [6.07, 6.45) is 3.23. The third kappa shape index (κ3) is 8.61. The normalized spacial score (nSPS) is 13.4. The topological polar surface area (TPSA) is 204 Å². The molecule has 1 heterocycles. The number of hydrogen-bond acceptors (Lipinski definition) is 7. The van der Waals surface area contributed by atoms with Crippen LogP contribution in [0.25, 0.3) is 10.9 Å². The predicted octanol–water partition coefficient (Wildman–Crippen LogP) is -0.564. The number of nitrogens with two attached hydrogens (primary N) is 1. The van der Waals surface area contributed by atoms with E-state index < -0.39 is 60.8 Å². The molecule has 2 rings (SSSR count). The van der Waals surface area contributed by atoms with Crippen LogP contribution in [0.5, 0.6) is 0 Å². The first-order chi connectivity index (χ1) is 16.6. The van der Waals surface area contributed by atoms with E-state index in [0.717, 1.165) is 16.5 Å². The fraction of sp³-hybridized carbons (Fsp3) is 0.409. The minimum Gasteiger partial charge on any atom is -0.481 e. The summed E-state index contributed by atoms with van der Waals surface area (Å²) in [5.74, 6) is -4.52. The molecule has 0 saturated heterocycles. The van der Waals surface area contributed by atoms with Crippen LogP contribution in [0.1, 0.15) is 18.4 Å². The quantitative estimate of drug-likeness (QED) is 0.175. The zero-order valence-electron chi connectivity index (χ0n) is 19.1. The Morgan fingerprint density at radius 1 is 1.00 bits per heavy atom. The van der Waals surface area contributed by atoms with Crippen molar-refractivity contribution >= 4 is 52.3 Å². The molecule has 3 atom stereocenters. The number of rotatable bonds is 14. The molecule has 8 N–H and O–H groups in total. The number of nitrogens with one attached hydrogen (secondary N) is 4. The van der Waals surface area contributed by atoms with Gasteiger partial charge in [0.25, 0.3) is 0 Å². The van der Waals surface area contributed by atoms with Gasteiger partial charge in [-0.05, 0) is 36.5 Å². The molecule has 0 aliphatic heterocycles. The van der Waals surface area contributed by atoms with Crippen LogP contribution in [0.2, 0.25) is 0 Å². The maximum Gasteiger partial charge on any atom is 0.322 e. The molecule has 0 aliphatic rings. The van der Waals surface area contributed by atoms with Crippen molar-refractivity contribution in [2.24, 2.45) is 5.73 Å². The Labute approximate surface area is 205 Å². The highest BCUT2D eigenvalue weighted by Crippen LogP contribution is 2.18. The number of aromatic amines is 1. The molecule has 12 nitrogen and oxygen atoms in total. The number of carbonyl (C=O) groups is 5. The zero-order chi connectivity index (χ0) is 26.0. The smallest absolute Gasteiger partial charge is 0.322 e. The van der Waals surface area contributed by atoms with E-state index in [1.165, 1.54) is 11.8 Å². The first-order valence-electron chi connectivity index (χ1n) is 10.7. The number of thioether (sulfide) groups is 1. The van der Waals surface area contributed by atoms with Gasteiger partial charge in [-0.3, -0.25) is 24.0 Å². The van der Waals surface area contributed by atoms with Gasteiger partial charge < -0.3 is 36.9 Å². The summed E-state index contributed by atoms with van der Waals surface area (Å²) in [7, 11) is 0. The molecular formula is C22H29N5O7S. The van der Waals surface area contributed by atoms with Crippen LogP contribution in [-0.2, 0) is 30.4 Å². The molecule has 0 saturated carbocycles. The van der Waals surface area contributed by atoms with Crippen LogP contribution in [0, 0.1) is 0 Å². The molecule has 35 heavy (non-hydrogen) atoms. The van der Waals surface area contributed by atoms with Crippen molar-refractivity contribution in [2.45, 2.75) is 37.4 Å². The number of para-hydroxylation sites is 1. The third-order valence-electron chi connectivity index (χ3n) is 5.12. The van der Waals surface area contributed by atoms with E-state index in [1.807, 2.05) is 35.8 Å². The predicted molar refractivity (Wildman–Crippen MR) is 130 cm³/mol. The number of H-pyrrole nitrogens is 1. The SMILES string of the molecule is CSCCC(NC(=O)C(N)Cc1c[nH]c2ccccc12)C(=O)NC(CC(=O)O)C(=O)NCC(=O)O. The van der Waals surface area contributed by atoms with Gasteiger partial charge in [0.15, 0.2) is 0 Å². The fourth-order valence-electron chi connectivity index (χ4n) is 3.36. The van der Waals surface area contributed by atoms with Gasteiger partial charge in [0.05, 0.1) is 12.5 Å². The Bertz CT molecular complexity index is 1070.